The van der Waals surface area contributed by atoms with Gasteiger partial charge in [0.25, 0.3) is 0 Å². The molecule has 1 aromatic heterocycles. The maximum atomic E-state index is 11.9. The Balaban J connectivity index is 1.96. The lowest BCUT2D eigenvalue weighted by Gasteiger charge is -2.14. The van der Waals surface area contributed by atoms with E-state index in [-0.39, 0.29) is 12.3 Å². The fourth-order valence-corrected chi connectivity index (χ4v) is 2.05. The Labute approximate surface area is 122 Å². The van der Waals surface area contributed by atoms with Crippen LogP contribution in [0.4, 0.5) is 0 Å². The van der Waals surface area contributed by atoms with Gasteiger partial charge in [-0.25, -0.2) is 4.79 Å². The first-order valence-corrected chi connectivity index (χ1v) is 6.62. The summed E-state index contributed by atoms with van der Waals surface area (Å²) in [5.74, 6) is -1.37. The van der Waals surface area contributed by atoms with Crippen LogP contribution in [0.25, 0.3) is 0 Å². The van der Waals surface area contributed by atoms with E-state index in [1.807, 2.05) is 6.07 Å². The first-order valence-electron chi connectivity index (χ1n) is 6.62. The third-order valence-electron chi connectivity index (χ3n) is 3.22. The summed E-state index contributed by atoms with van der Waals surface area (Å²) in [6, 6.07) is 9.46. The molecule has 2 rings (SSSR count). The van der Waals surface area contributed by atoms with Gasteiger partial charge >= 0.3 is 5.97 Å². The van der Waals surface area contributed by atoms with E-state index in [4.69, 9.17) is 0 Å². The van der Waals surface area contributed by atoms with E-state index in [0.29, 0.717) is 12.0 Å². The standard InChI is InChI=1S/C15H17N3O3/c1-18-12(9-10-16-18)7-8-13(19)17-14(15(20)21)11-5-3-2-4-6-11/h2-6,9-10,14H,7-8H2,1H3,(H,17,19)(H,20,21). The predicted molar refractivity (Wildman–Crippen MR) is 76.5 cm³/mol. The summed E-state index contributed by atoms with van der Waals surface area (Å²) in [6.45, 7) is 0. The fraction of sp³-hybridized carbons (Fsp3) is 0.267. The minimum Gasteiger partial charge on any atom is -0.479 e. The number of benzene rings is 1. The number of nitrogens with zero attached hydrogens (tertiary/aromatic N) is 2. The number of hydrogen-bond donors (Lipinski definition) is 2. The minimum absolute atomic E-state index is 0.218. The molecule has 2 aromatic rings. The van der Waals surface area contributed by atoms with Gasteiger partial charge in [0.05, 0.1) is 0 Å². The summed E-state index contributed by atoms with van der Waals surface area (Å²) >= 11 is 0. The number of carboxylic acid groups (broad SMARTS) is 1. The zero-order chi connectivity index (χ0) is 15.2. The monoisotopic (exact) mass is 287 g/mol. The number of carbonyl (C=O) groups is 2. The van der Waals surface area contributed by atoms with Crippen LogP contribution in [-0.2, 0) is 23.1 Å². The molecule has 0 radical (unpaired) electrons. The van der Waals surface area contributed by atoms with Crippen molar-refractivity contribution in [3.05, 3.63) is 53.9 Å². The summed E-state index contributed by atoms with van der Waals surface area (Å²) in [4.78, 5) is 23.2. The van der Waals surface area contributed by atoms with Gasteiger partial charge in [-0.15, -0.1) is 0 Å². The predicted octanol–water partition coefficient (Wildman–Crippen LogP) is 1.29. The number of amides is 1. The molecule has 0 saturated heterocycles. The molecule has 1 atom stereocenters. The van der Waals surface area contributed by atoms with E-state index in [9.17, 15) is 14.7 Å². The van der Waals surface area contributed by atoms with E-state index in [2.05, 4.69) is 10.4 Å². The summed E-state index contributed by atoms with van der Waals surface area (Å²) < 4.78 is 1.69. The van der Waals surface area contributed by atoms with Crippen molar-refractivity contribution in [1.29, 1.82) is 0 Å². The molecule has 0 spiro atoms. The molecule has 0 bridgehead atoms. The second-order valence-electron chi connectivity index (χ2n) is 4.70. The van der Waals surface area contributed by atoms with Crippen molar-refractivity contribution in [3.63, 3.8) is 0 Å². The Morgan fingerprint density at radius 1 is 1.29 bits per heavy atom. The van der Waals surface area contributed by atoms with Gasteiger partial charge in [0.15, 0.2) is 6.04 Å². The highest BCUT2D eigenvalue weighted by Gasteiger charge is 2.21. The Kier molecular flexibility index (Phi) is 4.71. The van der Waals surface area contributed by atoms with E-state index in [0.717, 1.165) is 5.69 Å². The molecule has 1 heterocycles. The molecule has 0 saturated carbocycles. The topological polar surface area (TPSA) is 84.2 Å². The van der Waals surface area contributed by atoms with Gasteiger partial charge in [-0.05, 0) is 18.1 Å². The van der Waals surface area contributed by atoms with Crippen LogP contribution >= 0.6 is 0 Å². The fourth-order valence-electron chi connectivity index (χ4n) is 2.05. The van der Waals surface area contributed by atoms with Crippen LogP contribution in [0.1, 0.15) is 23.7 Å². The van der Waals surface area contributed by atoms with E-state index in [1.165, 1.54) is 0 Å². The molecule has 6 nitrogen and oxygen atoms in total. The van der Waals surface area contributed by atoms with E-state index >= 15 is 0 Å². The highest BCUT2D eigenvalue weighted by molar-refractivity contribution is 5.84. The van der Waals surface area contributed by atoms with E-state index in [1.54, 1.807) is 48.3 Å². The second-order valence-corrected chi connectivity index (χ2v) is 4.70. The summed E-state index contributed by atoms with van der Waals surface area (Å²) in [6.07, 6.45) is 2.40. The lowest BCUT2D eigenvalue weighted by molar-refractivity contribution is -0.142. The van der Waals surface area contributed by atoms with Gasteiger partial charge in [0, 0.05) is 25.4 Å². The molecule has 1 aromatic carbocycles. The summed E-state index contributed by atoms with van der Waals surface area (Å²) in [5.41, 5.74) is 1.48. The number of carbonyl (C=O) groups excluding carboxylic acids is 1. The lowest BCUT2D eigenvalue weighted by atomic mass is 10.1. The normalized spacial score (nSPS) is 11.9. The molecule has 0 fully saturated rings. The lowest BCUT2D eigenvalue weighted by Crippen LogP contribution is -2.33. The number of aromatic nitrogens is 2. The average molecular weight is 287 g/mol. The van der Waals surface area contributed by atoms with Gasteiger partial charge in [-0.2, -0.15) is 5.10 Å². The third-order valence-corrected chi connectivity index (χ3v) is 3.22. The summed E-state index contributed by atoms with van der Waals surface area (Å²) in [7, 11) is 1.80. The number of aliphatic carboxylic acids is 1. The smallest absolute Gasteiger partial charge is 0.330 e. The van der Waals surface area contributed by atoms with Gasteiger partial charge in [-0.3, -0.25) is 9.48 Å². The van der Waals surface area contributed by atoms with Crippen molar-refractivity contribution >= 4 is 11.9 Å². The van der Waals surface area contributed by atoms with Crippen molar-refractivity contribution in [2.45, 2.75) is 18.9 Å². The quantitative estimate of drug-likeness (QED) is 0.838. The van der Waals surface area contributed by atoms with Gasteiger partial charge < -0.3 is 10.4 Å². The average Bonchev–Trinajstić information content (AvgIpc) is 2.88. The van der Waals surface area contributed by atoms with Crippen LogP contribution in [-0.4, -0.2) is 26.8 Å². The van der Waals surface area contributed by atoms with Crippen LogP contribution in [0, 0.1) is 0 Å². The molecule has 1 amide bonds. The second kappa shape index (κ2) is 6.69. The molecule has 0 aliphatic heterocycles. The number of hydrogen-bond acceptors (Lipinski definition) is 3. The summed E-state index contributed by atoms with van der Waals surface area (Å²) in [5, 5.41) is 15.8. The van der Waals surface area contributed by atoms with Gasteiger partial charge in [0.2, 0.25) is 5.91 Å². The maximum Gasteiger partial charge on any atom is 0.330 e. The van der Waals surface area contributed by atoms with Crippen molar-refractivity contribution in [2.75, 3.05) is 0 Å². The minimum atomic E-state index is -1.07. The van der Waals surface area contributed by atoms with Crippen molar-refractivity contribution < 1.29 is 14.7 Å². The Bertz CT molecular complexity index is 622. The molecule has 2 N–H and O–H groups in total. The first kappa shape index (κ1) is 14.8. The largest absolute Gasteiger partial charge is 0.479 e. The molecule has 21 heavy (non-hydrogen) atoms. The van der Waals surface area contributed by atoms with Crippen molar-refractivity contribution in [2.24, 2.45) is 7.05 Å². The van der Waals surface area contributed by atoms with Gasteiger partial charge in [0.1, 0.15) is 0 Å². The molecule has 6 heteroatoms. The van der Waals surface area contributed by atoms with E-state index < -0.39 is 12.0 Å². The number of aryl methyl sites for hydroxylation is 2. The molecular formula is C15H17N3O3. The van der Waals surface area contributed by atoms with Crippen LogP contribution in [0.15, 0.2) is 42.6 Å². The highest BCUT2D eigenvalue weighted by Crippen LogP contribution is 2.13. The van der Waals surface area contributed by atoms with Crippen LogP contribution in [0.3, 0.4) is 0 Å². The number of rotatable bonds is 6. The Hall–Kier alpha value is -2.63. The molecule has 0 aliphatic rings. The SMILES string of the molecule is Cn1nccc1CCC(=O)NC(C(=O)O)c1ccccc1. The number of carboxylic acids is 1. The Morgan fingerprint density at radius 3 is 2.57 bits per heavy atom. The third kappa shape index (κ3) is 3.92. The highest BCUT2D eigenvalue weighted by atomic mass is 16.4. The van der Waals surface area contributed by atoms with Gasteiger partial charge in [-0.1, -0.05) is 30.3 Å². The zero-order valence-electron chi connectivity index (χ0n) is 11.7. The van der Waals surface area contributed by atoms with Crippen LogP contribution in [0.2, 0.25) is 0 Å². The molecule has 0 aliphatic carbocycles. The van der Waals surface area contributed by atoms with Crippen molar-refractivity contribution in [1.82, 2.24) is 15.1 Å². The molecule has 110 valence electrons. The Morgan fingerprint density at radius 2 is 2.00 bits per heavy atom. The zero-order valence-corrected chi connectivity index (χ0v) is 11.7. The first-order chi connectivity index (χ1) is 10.1. The van der Waals surface area contributed by atoms with Crippen LogP contribution < -0.4 is 5.32 Å². The molecule has 1 unspecified atom stereocenters. The van der Waals surface area contributed by atoms with Crippen molar-refractivity contribution in [3.8, 4) is 0 Å². The van der Waals surface area contributed by atoms with Crippen LogP contribution in [0.5, 0.6) is 0 Å². The maximum absolute atomic E-state index is 11.9. The molecular weight excluding hydrogens is 270 g/mol. The number of nitrogens with one attached hydrogen (secondary N) is 1.